The van der Waals surface area contributed by atoms with Crippen LogP contribution in [0.5, 0.6) is 0 Å². The topological polar surface area (TPSA) is 64.6 Å². The van der Waals surface area contributed by atoms with Gasteiger partial charge in [-0.05, 0) is 30.4 Å². The molecule has 5 heteroatoms. The third kappa shape index (κ3) is 5.85. The molecule has 5 nitrogen and oxygen atoms in total. The number of aryl methyl sites for hydroxylation is 1. The Morgan fingerprint density at radius 2 is 1.90 bits per heavy atom. The van der Waals surface area contributed by atoms with Crippen molar-refractivity contribution in [1.29, 1.82) is 0 Å². The average molecular weight is 293 g/mol. The number of methoxy groups -OCH3 is 1. The summed E-state index contributed by atoms with van der Waals surface area (Å²) < 4.78 is 9.84. The maximum absolute atomic E-state index is 11.8. The molecule has 0 saturated heterocycles. The van der Waals surface area contributed by atoms with Gasteiger partial charge in [0.1, 0.15) is 12.6 Å². The van der Waals surface area contributed by atoms with Crippen molar-refractivity contribution in [3.63, 3.8) is 0 Å². The van der Waals surface area contributed by atoms with Gasteiger partial charge in [-0.3, -0.25) is 0 Å². The van der Waals surface area contributed by atoms with Crippen molar-refractivity contribution in [2.24, 2.45) is 5.92 Å². The Balaban J connectivity index is 2.54. The van der Waals surface area contributed by atoms with Gasteiger partial charge in [0.2, 0.25) is 0 Å². The van der Waals surface area contributed by atoms with Crippen LogP contribution in [0.2, 0.25) is 0 Å². The Morgan fingerprint density at radius 3 is 2.48 bits per heavy atom. The van der Waals surface area contributed by atoms with Crippen molar-refractivity contribution in [3.05, 3.63) is 35.4 Å². The molecular formula is C16H23NO4. The molecular weight excluding hydrogens is 270 g/mol. The fourth-order valence-corrected chi connectivity index (χ4v) is 1.93. The lowest BCUT2D eigenvalue weighted by Gasteiger charge is -2.18. The largest absolute Gasteiger partial charge is 0.467 e. The van der Waals surface area contributed by atoms with E-state index in [1.54, 1.807) is 0 Å². The molecule has 1 aromatic carbocycles. The number of carbonyl (C=O) groups is 2. The molecule has 0 aliphatic heterocycles. The predicted molar refractivity (Wildman–Crippen MR) is 79.8 cm³/mol. The highest BCUT2D eigenvalue weighted by atomic mass is 16.6. The van der Waals surface area contributed by atoms with Gasteiger partial charge in [-0.2, -0.15) is 0 Å². The molecule has 0 bridgehead atoms. The van der Waals surface area contributed by atoms with E-state index >= 15 is 0 Å². The molecule has 0 aromatic heterocycles. The number of benzene rings is 1. The van der Waals surface area contributed by atoms with Gasteiger partial charge in [-0.15, -0.1) is 0 Å². The van der Waals surface area contributed by atoms with Crippen LogP contribution in [-0.2, 0) is 20.9 Å². The molecule has 1 rings (SSSR count). The summed E-state index contributed by atoms with van der Waals surface area (Å²) in [5, 5.41) is 2.55. The maximum atomic E-state index is 11.8. The molecule has 0 heterocycles. The van der Waals surface area contributed by atoms with E-state index in [9.17, 15) is 9.59 Å². The second kappa shape index (κ2) is 8.29. The number of ether oxygens (including phenoxy) is 2. The highest BCUT2D eigenvalue weighted by Gasteiger charge is 2.23. The van der Waals surface area contributed by atoms with Crippen LogP contribution in [-0.4, -0.2) is 25.2 Å². The average Bonchev–Trinajstić information content (AvgIpc) is 2.44. The minimum absolute atomic E-state index is 0.175. The molecule has 0 fully saturated rings. The van der Waals surface area contributed by atoms with Crippen LogP contribution in [0, 0.1) is 12.8 Å². The molecule has 0 spiro atoms. The molecule has 21 heavy (non-hydrogen) atoms. The lowest BCUT2D eigenvalue weighted by Crippen LogP contribution is -2.42. The number of hydrogen-bond acceptors (Lipinski definition) is 4. The first-order valence-electron chi connectivity index (χ1n) is 6.99. The number of esters is 1. The summed E-state index contributed by atoms with van der Waals surface area (Å²) >= 11 is 0. The number of rotatable bonds is 6. The first-order chi connectivity index (χ1) is 9.93. The van der Waals surface area contributed by atoms with E-state index < -0.39 is 18.1 Å². The standard InChI is InChI=1S/C16H23NO4/c1-11(2)9-14(15(18)20-4)17-16(19)21-10-13-8-6-5-7-12(13)3/h5-8,11,14H,9-10H2,1-4H3,(H,17,19)/t14-/m0/s1. The first kappa shape index (κ1) is 17.0. The highest BCUT2D eigenvalue weighted by molar-refractivity contribution is 5.81. The van der Waals surface area contributed by atoms with Crippen LogP contribution in [0.3, 0.4) is 0 Å². The van der Waals surface area contributed by atoms with Crippen LogP contribution in [0.25, 0.3) is 0 Å². The van der Waals surface area contributed by atoms with Gasteiger partial charge in [0.25, 0.3) is 0 Å². The number of amides is 1. The van der Waals surface area contributed by atoms with Gasteiger partial charge in [-0.25, -0.2) is 9.59 Å². The molecule has 1 amide bonds. The fraction of sp³-hybridized carbons (Fsp3) is 0.500. The number of alkyl carbamates (subject to hydrolysis) is 1. The summed E-state index contributed by atoms with van der Waals surface area (Å²) in [6.07, 6.45) is -0.110. The van der Waals surface area contributed by atoms with Crippen LogP contribution >= 0.6 is 0 Å². The maximum Gasteiger partial charge on any atom is 0.408 e. The predicted octanol–water partition coefficient (Wildman–Crippen LogP) is 2.81. The summed E-state index contributed by atoms with van der Waals surface area (Å²) in [6.45, 7) is 6.06. The molecule has 1 atom stereocenters. The highest BCUT2D eigenvalue weighted by Crippen LogP contribution is 2.09. The zero-order chi connectivity index (χ0) is 15.8. The van der Waals surface area contributed by atoms with Crippen LogP contribution in [0.15, 0.2) is 24.3 Å². The SMILES string of the molecule is COC(=O)[C@H](CC(C)C)NC(=O)OCc1ccccc1C. The van der Waals surface area contributed by atoms with E-state index in [0.717, 1.165) is 11.1 Å². The van der Waals surface area contributed by atoms with Crippen molar-refractivity contribution in [1.82, 2.24) is 5.32 Å². The van der Waals surface area contributed by atoms with Crippen molar-refractivity contribution in [2.75, 3.05) is 7.11 Å². The Morgan fingerprint density at radius 1 is 1.24 bits per heavy atom. The third-order valence-electron chi connectivity index (χ3n) is 3.10. The Hall–Kier alpha value is -2.04. The molecule has 0 aliphatic carbocycles. The number of nitrogens with one attached hydrogen (secondary N) is 1. The van der Waals surface area contributed by atoms with E-state index in [1.807, 2.05) is 45.0 Å². The molecule has 1 N–H and O–H groups in total. The van der Waals surface area contributed by atoms with Crippen LogP contribution in [0.4, 0.5) is 4.79 Å². The molecule has 1 aromatic rings. The minimum atomic E-state index is -0.681. The van der Waals surface area contributed by atoms with Crippen molar-refractivity contribution in [2.45, 2.75) is 39.8 Å². The Bertz CT molecular complexity index is 485. The van der Waals surface area contributed by atoms with Gasteiger partial charge in [0.05, 0.1) is 7.11 Å². The zero-order valence-electron chi connectivity index (χ0n) is 13.0. The normalized spacial score (nSPS) is 11.9. The van der Waals surface area contributed by atoms with Crippen molar-refractivity contribution < 1.29 is 19.1 Å². The summed E-state index contributed by atoms with van der Waals surface area (Å²) in [4.78, 5) is 23.4. The first-order valence-corrected chi connectivity index (χ1v) is 6.99. The van der Waals surface area contributed by atoms with Gasteiger partial charge < -0.3 is 14.8 Å². The summed E-state index contributed by atoms with van der Waals surface area (Å²) in [5.74, 6) is -0.206. The van der Waals surface area contributed by atoms with Gasteiger partial charge in [-0.1, -0.05) is 38.1 Å². The summed E-state index contributed by atoms with van der Waals surface area (Å²) in [5.41, 5.74) is 1.99. The molecule has 116 valence electrons. The monoisotopic (exact) mass is 293 g/mol. The second-order valence-corrected chi connectivity index (χ2v) is 5.35. The third-order valence-corrected chi connectivity index (χ3v) is 3.10. The number of carbonyl (C=O) groups excluding carboxylic acids is 2. The molecule has 0 aliphatic rings. The smallest absolute Gasteiger partial charge is 0.408 e. The Labute approximate surface area is 125 Å². The summed E-state index contributed by atoms with van der Waals surface area (Å²) in [6, 6.07) is 6.98. The van der Waals surface area contributed by atoms with Crippen molar-refractivity contribution >= 4 is 12.1 Å². The van der Waals surface area contributed by atoms with Gasteiger partial charge in [0, 0.05) is 0 Å². The van der Waals surface area contributed by atoms with Gasteiger partial charge >= 0.3 is 12.1 Å². The van der Waals surface area contributed by atoms with Crippen molar-refractivity contribution in [3.8, 4) is 0 Å². The summed E-state index contributed by atoms with van der Waals surface area (Å²) in [7, 11) is 1.30. The van der Waals surface area contributed by atoms with Crippen LogP contribution in [0.1, 0.15) is 31.4 Å². The fourth-order valence-electron chi connectivity index (χ4n) is 1.93. The lowest BCUT2D eigenvalue weighted by molar-refractivity contribution is -0.143. The van der Waals surface area contributed by atoms with E-state index in [-0.39, 0.29) is 12.5 Å². The van der Waals surface area contributed by atoms with E-state index in [0.29, 0.717) is 6.42 Å². The zero-order valence-corrected chi connectivity index (χ0v) is 13.0. The Kier molecular flexibility index (Phi) is 6.72. The molecule has 0 saturated carbocycles. The van der Waals surface area contributed by atoms with Crippen LogP contribution < -0.4 is 5.32 Å². The quantitative estimate of drug-likeness (QED) is 0.819. The van der Waals surface area contributed by atoms with Gasteiger partial charge in [0.15, 0.2) is 0 Å². The molecule has 0 unspecified atom stereocenters. The van der Waals surface area contributed by atoms with E-state index in [2.05, 4.69) is 10.1 Å². The lowest BCUT2D eigenvalue weighted by atomic mass is 10.0. The second-order valence-electron chi connectivity index (χ2n) is 5.35. The number of hydrogen-bond donors (Lipinski definition) is 1. The van der Waals surface area contributed by atoms with E-state index in [1.165, 1.54) is 7.11 Å². The van der Waals surface area contributed by atoms with E-state index in [4.69, 9.17) is 4.74 Å². The molecule has 0 radical (unpaired) electrons. The minimum Gasteiger partial charge on any atom is -0.467 e.